The molecule has 0 bridgehead atoms. The number of piperidine rings is 1. The van der Waals surface area contributed by atoms with E-state index in [1.54, 1.807) is 11.9 Å². The van der Waals surface area contributed by atoms with Crippen molar-refractivity contribution in [3.05, 3.63) is 35.9 Å². The van der Waals surface area contributed by atoms with Gasteiger partial charge < -0.3 is 24.3 Å². The summed E-state index contributed by atoms with van der Waals surface area (Å²) in [5.74, 6) is -3.03. The minimum absolute atomic E-state index is 0.0715. The maximum atomic E-state index is 13.3. The second-order valence-corrected chi connectivity index (χ2v) is 8.61. The van der Waals surface area contributed by atoms with E-state index in [0.29, 0.717) is 18.8 Å². The number of pyridine rings is 1. The fourth-order valence-electron chi connectivity index (χ4n) is 4.13. The second-order valence-electron chi connectivity index (χ2n) is 8.61. The molecule has 3 unspecified atom stereocenters. The lowest BCUT2D eigenvalue weighted by atomic mass is 9.90. The topological polar surface area (TPSA) is 85.9 Å². The molecule has 3 atom stereocenters. The van der Waals surface area contributed by atoms with E-state index in [1.807, 2.05) is 36.0 Å². The van der Waals surface area contributed by atoms with Crippen LogP contribution in [0.15, 0.2) is 29.0 Å². The van der Waals surface area contributed by atoms with Crippen LogP contribution in [-0.2, 0) is 0 Å². The zero-order chi connectivity index (χ0) is 22.3. The van der Waals surface area contributed by atoms with Crippen LogP contribution in [0.5, 0.6) is 0 Å². The molecule has 2 aliphatic rings. The van der Waals surface area contributed by atoms with Crippen molar-refractivity contribution in [1.82, 2.24) is 15.0 Å². The van der Waals surface area contributed by atoms with E-state index < -0.39 is 17.9 Å². The lowest BCUT2D eigenvalue weighted by Crippen LogP contribution is -2.46. The number of hydrogen-bond donors (Lipinski definition) is 1. The molecule has 3 heterocycles. The summed E-state index contributed by atoms with van der Waals surface area (Å²) in [4.78, 5) is 22.4. The smallest absolute Gasteiger partial charge is 0.276 e. The van der Waals surface area contributed by atoms with Gasteiger partial charge in [-0.05, 0) is 18.6 Å². The molecule has 10 heteroatoms. The average Bonchev–Trinajstić information content (AvgIpc) is 3.10. The third-order valence-electron chi connectivity index (χ3n) is 6.07. The Bertz CT molecular complexity index is 937. The van der Waals surface area contributed by atoms with Crippen molar-refractivity contribution in [2.75, 3.05) is 50.6 Å². The highest BCUT2D eigenvalue weighted by atomic mass is 19.3. The predicted octanol–water partition coefficient (Wildman–Crippen LogP) is 2.22. The van der Waals surface area contributed by atoms with Crippen LogP contribution in [0, 0.1) is 5.92 Å². The number of amides is 1. The molecule has 0 spiro atoms. The zero-order valence-corrected chi connectivity index (χ0v) is 17.8. The maximum absolute atomic E-state index is 13.3. The molecule has 8 nitrogen and oxygen atoms in total. The summed E-state index contributed by atoms with van der Waals surface area (Å²) in [5, 5.41) is 14.4. The molecule has 2 aromatic rings. The number of aromatic nitrogens is 2. The molecule has 1 saturated heterocycles. The number of anilines is 2. The van der Waals surface area contributed by atoms with Crippen LogP contribution < -0.4 is 9.80 Å². The van der Waals surface area contributed by atoms with Crippen molar-refractivity contribution in [2.45, 2.75) is 30.8 Å². The van der Waals surface area contributed by atoms with Crippen LogP contribution in [-0.4, -0.2) is 78.9 Å². The molecule has 1 N–H and O–H groups in total. The molecule has 0 radical (unpaired) electrons. The Morgan fingerprint density at radius 1 is 1.32 bits per heavy atom. The van der Waals surface area contributed by atoms with E-state index in [-0.39, 0.29) is 37.0 Å². The molecule has 0 aromatic carbocycles. The van der Waals surface area contributed by atoms with Gasteiger partial charge in [-0.2, -0.15) is 0 Å². The van der Waals surface area contributed by atoms with E-state index in [1.165, 1.54) is 12.3 Å². The molecule has 168 valence electrons. The quantitative estimate of drug-likeness (QED) is 0.745. The van der Waals surface area contributed by atoms with Gasteiger partial charge in [-0.3, -0.25) is 4.79 Å². The number of aliphatic hydroxyl groups is 1. The summed E-state index contributed by atoms with van der Waals surface area (Å²) in [6.07, 6.45) is 1.04. The number of β-amino-alcohol motifs (C(OH)–C–C–N with tert-alkyl or cyclic N) is 1. The lowest BCUT2D eigenvalue weighted by Gasteiger charge is -2.36. The number of rotatable bonds is 6. The highest BCUT2D eigenvalue weighted by Crippen LogP contribution is 2.49. The van der Waals surface area contributed by atoms with Crippen molar-refractivity contribution >= 4 is 17.4 Å². The van der Waals surface area contributed by atoms with Crippen LogP contribution in [0.2, 0.25) is 0 Å². The minimum atomic E-state index is -2.57. The molecular weight excluding hydrogens is 408 g/mol. The molecule has 1 aliphatic carbocycles. The molecule has 1 amide bonds. The van der Waals surface area contributed by atoms with Crippen molar-refractivity contribution in [1.29, 1.82) is 0 Å². The van der Waals surface area contributed by atoms with E-state index in [4.69, 9.17) is 9.51 Å². The summed E-state index contributed by atoms with van der Waals surface area (Å²) in [6, 6.07) is 5.21. The van der Waals surface area contributed by atoms with Gasteiger partial charge in [-0.1, -0.05) is 5.16 Å². The largest absolute Gasteiger partial charge is 0.391 e. The highest BCUT2D eigenvalue weighted by molar-refractivity contribution is 5.92. The molecule has 31 heavy (non-hydrogen) atoms. The standard InChI is InChI=1S/C21H27F2N5O3/c1-26(2)19-17(27(3)11-13-10-21(13,22)23)5-4-15(24-19)14-6-8-28(12-18(14)29)20(30)16-7-9-31-25-16/h4-5,7,9,13-14,18,29H,6,8,10-12H2,1-3H3. The number of carbonyl (C=O) groups is 1. The fourth-order valence-corrected chi connectivity index (χ4v) is 4.13. The molecule has 1 aliphatic heterocycles. The second kappa shape index (κ2) is 8.07. The van der Waals surface area contributed by atoms with Gasteiger partial charge in [0, 0.05) is 70.8 Å². The average molecular weight is 435 g/mol. The van der Waals surface area contributed by atoms with Gasteiger partial charge in [0.25, 0.3) is 11.8 Å². The summed E-state index contributed by atoms with van der Waals surface area (Å²) in [6.45, 7) is 0.901. The van der Waals surface area contributed by atoms with Crippen molar-refractivity contribution < 1.29 is 23.2 Å². The Hall–Kier alpha value is -2.75. The Kier molecular flexibility index (Phi) is 5.59. The van der Waals surface area contributed by atoms with Crippen LogP contribution in [0.4, 0.5) is 20.3 Å². The molecule has 4 rings (SSSR count). The van der Waals surface area contributed by atoms with E-state index in [0.717, 1.165) is 11.4 Å². The SMILES string of the molecule is CN(C)c1nc(C2CCN(C(=O)c3ccon3)CC2O)ccc1N(C)CC1CC1(F)F. The number of halogens is 2. The van der Waals surface area contributed by atoms with Crippen LogP contribution in [0.1, 0.15) is 34.9 Å². The first kappa shape index (κ1) is 21.5. The van der Waals surface area contributed by atoms with Gasteiger partial charge in [0.15, 0.2) is 11.5 Å². The molecule has 2 fully saturated rings. The Labute approximate surface area is 179 Å². The van der Waals surface area contributed by atoms with E-state index in [9.17, 15) is 18.7 Å². The predicted molar refractivity (Wildman–Crippen MR) is 111 cm³/mol. The number of nitrogens with zero attached hydrogens (tertiary/aromatic N) is 5. The van der Waals surface area contributed by atoms with E-state index >= 15 is 0 Å². The molecule has 1 saturated carbocycles. The van der Waals surface area contributed by atoms with Crippen molar-refractivity contribution in [3.63, 3.8) is 0 Å². The van der Waals surface area contributed by atoms with Gasteiger partial charge >= 0.3 is 0 Å². The Balaban J connectivity index is 1.48. The molecular formula is C21H27F2N5O3. The third-order valence-corrected chi connectivity index (χ3v) is 6.07. The summed E-state index contributed by atoms with van der Waals surface area (Å²) >= 11 is 0. The molecule has 2 aromatic heterocycles. The number of carbonyl (C=O) groups excluding carboxylic acids is 1. The number of alkyl halides is 2. The van der Waals surface area contributed by atoms with E-state index in [2.05, 4.69) is 5.16 Å². The number of hydrogen-bond acceptors (Lipinski definition) is 7. The zero-order valence-electron chi connectivity index (χ0n) is 17.8. The lowest BCUT2D eigenvalue weighted by molar-refractivity contribution is 0.0368. The first-order chi connectivity index (χ1) is 14.7. The van der Waals surface area contributed by atoms with Gasteiger partial charge in [0.1, 0.15) is 6.26 Å². The fraction of sp³-hybridized carbons (Fsp3) is 0.571. The van der Waals surface area contributed by atoms with Crippen molar-refractivity contribution in [3.8, 4) is 0 Å². The van der Waals surface area contributed by atoms with Gasteiger partial charge in [0.05, 0.1) is 11.8 Å². The van der Waals surface area contributed by atoms with Crippen molar-refractivity contribution in [2.24, 2.45) is 5.92 Å². The minimum Gasteiger partial charge on any atom is -0.391 e. The first-order valence-corrected chi connectivity index (χ1v) is 10.3. The van der Waals surface area contributed by atoms with Crippen LogP contribution in [0.25, 0.3) is 0 Å². The van der Waals surface area contributed by atoms with Gasteiger partial charge in [-0.15, -0.1) is 0 Å². The monoisotopic (exact) mass is 435 g/mol. The summed E-state index contributed by atoms with van der Waals surface area (Å²) in [7, 11) is 5.50. The summed E-state index contributed by atoms with van der Waals surface area (Å²) in [5.41, 5.74) is 1.70. The Morgan fingerprint density at radius 2 is 2.06 bits per heavy atom. The Morgan fingerprint density at radius 3 is 2.65 bits per heavy atom. The normalized spacial score (nSPS) is 24.7. The van der Waals surface area contributed by atoms with Gasteiger partial charge in [-0.25, -0.2) is 13.8 Å². The first-order valence-electron chi connectivity index (χ1n) is 10.3. The number of likely N-dealkylation sites (tertiary alicyclic amines) is 1. The van der Waals surface area contributed by atoms with Crippen LogP contribution in [0.3, 0.4) is 0 Å². The number of aliphatic hydroxyl groups excluding tert-OH is 1. The third kappa shape index (κ3) is 4.34. The van der Waals surface area contributed by atoms with Crippen LogP contribution >= 0.6 is 0 Å². The summed E-state index contributed by atoms with van der Waals surface area (Å²) < 4.78 is 31.4. The van der Waals surface area contributed by atoms with Gasteiger partial charge in [0.2, 0.25) is 0 Å². The highest BCUT2D eigenvalue weighted by Gasteiger charge is 2.57. The maximum Gasteiger partial charge on any atom is 0.276 e.